The van der Waals surface area contributed by atoms with Gasteiger partial charge in [0.2, 0.25) is 5.89 Å². The molecule has 1 aromatic heterocycles. The monoisotopic (exact) mass is 532 g/mol. The maximum atomic E-state index is 12.7. The van der Waals surface area contributed by atoms with E-state index in [4.69, 9.17) is 18.6 Å². The van der Waals surface area contributed by atoms with Crippen LogP contribution < -0.4 is 14.2 Å². The highest BCUT2D eigenvalue weighted by molar-refractivity contribution is 5.78. The molecule has 0 aliphatic heterocycles. The van der Waals surface area contributed by atoms with E-state index >= 15 is 0 Å². The number of oxazole rings is 1. The number of carbonyl (C=O) groups is 2. The van der Waals surface area contributed by atoms with Gasteiger partial charge in [-0.05, 0) is 48.9 Å². The molecule has 39 heavy (non-hydrogen) atoms. The highest BCUT2D eigenvalue weighted by atomic mass is 16.6. The highest BCUT2D eigenvalue weighted by Crippen LogP contribution is 2.23. The number of carboxylic acids is 1. The number of ether oxygens (including phenoxy) is 3. The number of hydrogen-bond acceptors (Lipinski definition) is 7. The molecule has 0 aliphatic carbocycles. The van der Waals surface area contributed by atoms with Crippen LogP contribution in [0.5, 0.6) is 17.2 Å². The number of benzene rings is 3. The fraction of sp³-hybridized carbons (Fsp3) is 0.233. The van der Waals surface area contributed by atoms with Gasteiger partial charge in [0.05, 0.1) is 19.4 Å². The third-order valence-electron chi connectivity index (χ3n) is 5.65. The molecule has 0 saturated carbocycles. The number of nitrogens with zero attached hydrogens (tertiary/aromatic N) is 2. The van der Waals surface area contributed by atoms with Crippen molar-refractivity contribution < 1.29 is 33.3 Å². The lowest BCUT2D eigenvalue weighted by Crippen LogP contribution is -2.37. The summed E-state index contributed by atoms with van der Waals surface area (Å²) < 4.78 is 22.1. The molecular formula is C30H32N2O7. The molecule has 0 radical (unpaired) electrons. The van der Waals surface area contributed by atoms with Crippen LogP contribution >= 0.6 is 0 Å². The minimum Gasteiger partial charge on any atom is -0.497 e. The van der Waals surface area contributed by atoms with E-state index in [0.717, 1.165) is 27.5 Å². The molecule has 1 N–H and O–H groups in total. The second-order valence-electron chi connectivity index (χ2n) is 8.43. The van der Waals surface area contributed by atoms with Crippen LogP contribution in [0.1, 0.15) is 24.4 Å². The molecule has 204 valence electrons. The van der Waals surface area contributed by atoms with Gasteiger partial charge in [0, 0.05) is 24.6 Å². The molecule has 9 nitrogen and oxygen atoms in total. The van der Waals surface area contributed by atoms with Crippen LogP contribution in [0, 0.1) is 6.92 Å². The van der Waals surface area contributed by atoms with Crippen molar-refractivity contribution in [3.05, 3.63) is 95.9 Å². The van der Waals surface area contributed by atoms with E-state index in [9.17, 15) is 14.7 Å². The van der Waals surface area contributed by atoms with Crippen LogP contribution in [0.25, 0.3) is 11.5 Å². The predicted octanol–water partition coefficient (Wildman–Crippen LogP) is 6.00. The molecule has 4 aromatic rings. The maximum Gasteiger partial charge on any atom is 0.416 e. The topological polar surface area (TPSA) is 111 Å². The number of carbonyl (C=O) groups excluding carboxylic acids is 1. The van der Waals surface area contributed by atoms with Gasteiger partial charge in [0.1, 0.15) is 29.6 Å². The Morgan fingerprint density at radius 3 is 2.36 bits per heavy atom. The normalized spacial score (nSPS) is 10.3. The highest BCUT2D eigenvalue weighted by Gasteiger charge is 2.20. The van der Waals surface area contributed by atoms with Crippen LogP contribution in [-0.4, -0.2) is 47.3 Å². The quantitative estimate of drug-likeness (QED) is 0.250. The zero-order valence-corrected chi connectivity index (χ0v) is 21.1. The van der Waals surface area contributed by atoms with Crippen LogP contribution in [0.3, 0.4) is 0 Å². The van der Waals surface area contributed by atoms with Crippen molar-refractivity contribution in [1.29, 1.82) is 0 Å². The Bertz CT molecular complexity index is 1370. The van der Waals surface area contributed by atoms with E-state index in [-0.39, 0.29) is 19.7 Å². The second-order valence-corrected chi connectivity index (χ2v) is 8.43. The standard InChI is InChI=1S/C29H28N2O7.CH4/c1-20-26(30-28(37-20)22-7-4-3-5-8-22)15-16-36-23-13-11-21(12-14-23)18-31(19-27(32)33)29(34)38-25-10-6-9-24(17-25)35-2;/h3-14,17H,15-16,18-19H2,1-2H3,(H,32,33);1H4. The number of methoxy groups -OCH3 is 1. The lowest BCUT2D eigenvalue weighted by Gasteiger charge is -2.20. The van der Waals surface area contributed by atoms with E-state index in [2.05, 4.69) is 4.98 Å². The van der Waals surface area contributed by atoms with Gasteiger partial charge in [0.25, 0.3) is 0 Å². The summed E-state index contributed by atoms with van der Waals surface area (Å²) in [6.07, 6.45) is -0.203. The summed E-state index contributed by atoms with van der Waals surface area (Å²) in [5, 5.41) is 9.28. The van der Waals surface area contributed by atoms with Crippen molar-refractivity contribution in [2.24, 2.45) is 0 Å². The van der Waals surface area contributed by atoms with Gasteiger partial charge < -0.3 is 23.7 Å². The Morgan fingerprint density at radius 2 is 1.67 bits per heavy atom. The summed E-state index contributed by atoms with van der Waals surface area (Å²) in [5.74, 6) is 1.60. The minimum atomic E-state index is -1.15. The average Bonchev–Trinajstić information content (AvgIpc) is 3.30. The van der Waals surface area contributed by atoms with Gasteiger partial charge in [-0.3, -0.25) is 9.69 Å². The Balaban J connectivity index is 0.00000420. The fourth-order valence-corrected chi connectivity index (χ4v) is 3.72. The number of aromatic nitrogens is 1. The van der Waals surface area contributed by atoms with Crippen molar-refractivity contribution >= 4 is 12.1 Å². The number of aliphatic carboxylic acids is 1. The average molecular weight is 533 g/mol. The third kappa shape index (κ3) is 8.10. The zero-order valence-electron chi connectivity index (χ0n) is 21.1. The number of aryl methyl sites for hydroxylation is 1. The van der Waals surface area contributed by atoms with E-state index < -0.39 is 18.6 Å². The van der Waals surface area contributed by atoms with Crippen LogP contribution in [-0.2, 0) is 17.8 Å². The van der Waals surface area contributed by atoms with E-state index in [1.807, 2.05) is 37.3 Å². The second kappa shape index (κ2) is 13.7. The molecule has 1 amide bonds. The van der Waals surface area contributed by atoms with E-state index in [0.29, 0.717) is 30.4 Å². The predicted molar refractivity (Wildman–Crippen MR) is 146 cm³/mol. The first-order valence-corrected chi connectivity index (χ1v) is 12.0. The largest absolute Gasteiger partial charge is 0.497 e. The molecule has 0 fully saturated rings. The molecule has 0 atom stereocenters. The van der Waals surface area contributed by atoms with Crippen LogP contribution in [0.15, 0.2) is 83.3 Å². The zero-order chi connectivity index (χ0) is 26.9. The minimum absolute atomic E-state index is 0. The van der Waals surface area contributed by atoms with Gasteiger partial charge in [-0.25, -0.2) is 9.78 Å². The molecule has 0 bridgehead atoms. The van der Waals surface area contributed by atoms with E-state index in [1.54, 1.807) is 48.5 Å². The molecule has 3 aromatic carbocycles. The van der Waals surface area contributed by atoms with Crippen LogP contribution in [0.4, 0.5) is 4.79 Å². The molecular weight excluding hydrogens is 500 g/mol. The number of carboxylic acid groups (broad SMARTS) is 1. The smallest absolute Gasteiger partial charge is 0.416 e. The summed E-state index contributed by atoms with van der Waals surface area (Å²) in [4.78, 5) is 29.7. The SMILES string of the molecule is C.COc1cccc(OC(=O)N(CC(=O)O)Cc2ccc(OCCc3nc(-c4ccccc4)oc3C)cc2)c1. The molecule has 1 heterocycles. The third-order valence-corrected chi connectivity index (χ3v) is 5.65. The Morgan fingerprint density at radius 1 is 0.949 bits per heavy atom. The molecule has 9 heteroatoms. The Hall–Kier alpha value is -4.79. The lowest BCUT2D eigenvalue weighted by molar-refractivity contribution is -0.138. The first kappa shape index (κ1) is 28.8. The van der Waals surface area contributed by atoms with Crippen molar-refractivity contribution in [2.75, 3.05) is 20.3 Å². The fourth-order valence-electron chi connectivity index (χ4n) is 3.72. The number of rotatable bonds is 11. The molecule has 0 unspecified atom stereocenters. The summed E-state index contributed by atoms with van der Waals surface area (Å²) in [6.45, 7) is 1.82. The maximum absolute atomic E-state index is 12.7. The van der Waals surface area contributed by atoms with Gasteiger partial charge in [-0.1, -0.05) is 43.8 Å². The Labute approximate surface area is 227 Å². The first-order chi connectivity index (χ1) is 18.4. The molecule has 0 aliphatic rings. The van der Waals surface area contributed by atoms with Crippen molar-refractivity contribution in [2.45, 2.75) is 27.3 Å². The van der Waals surface area contributed by atoms with Crippen molar-refractivity contribution in [3.63, 3.8) is 0 Å². The summed E-state index contributed by atoms with van der Waals surface area (Å²) >= 11 is 0. The van der Waals surface area contributed by atoms with Gasteiger partial charge >= 0.3 is 12.1 Å². The first-order valence-electron chi connectivity index (χ1n) is 12.0. The number of hydrogen-bond donors (Lipinski definition) is 1. The van der Waals surface area contributed by atoms with Gasteiger partial charge in [-0.2, -0.15) is 0 Å². The van der Waals surface area contributed by atoms with E-state index in [1.165, 1.54) is 7.11 Å². The van der Waals surface area contributed by atoms with Crippen molar-refractivity contribution in [1.82, 2.24) is 9.88 Å². The lowest BCUT2D eigenvalue weighted by atomic mass is 10.2. The summed E-state index contributed by atoms with van der Waals surface area (Å²) in [5.41, 5.74) is 2.48. The van der Waals surface area contributed by atoms with Crippen molar-refractivity contribution in [3.8, 4) is 28.7 Å². The molecule has 0 spiro atoms. The molecule has 4 rings (SSSR count). The van der Waals surface area contributed by atoms with Gasteiger partial charge in [0.15, 0.2) is 0 Å². The van der Waals surface area contributed by atoms with Crippen LogP contribution in [0.2, 0.25) is 0 Å². The summed E-state index contributed by atoms with van der Waals surface area (Å²) in [7, 11) is 1.50. The summed E-state index contributed by atoms with van der Waals surface area (Å²) in [6, 6.07) is 23.3. The van der Waals surface area contributed by atoms with Gasteiger partial charge in [-0.15, -0.1) is 0 Å². The Kier molecular flexibility index (Phi) is 10.1. The number of amides is 1. The molecule has 0 saturated heterocycles.